The van der Waals surface area contributed by atoms with Crippen molar-refractivity contribution in [1.29, 1.82) is 0 Å². The first-order valence-corrected chi connectivity index (χ1v) is 13.3. The van der Waals surface area contributed by atoms with Crippen molar-refractivity contribution in [3.8, 4) is 11.6 Å². The van der Waals surface area contributed by atoms with E-state index in [-0.39, 0.29) is 24.4 Å². The standard InChI is InChI=1S/C24H24ClN5O4S/c25-19-7-9-20(10-8-19)30-22(17-28(24(30)31)14-15-35(32,33)29-12-3-13-29)18-4-1-5-21(16-18)34-23-6-2-11-26-27-23/h1-2,4-11,16,22H,3,12-15,17H2/t22-/m1/s1. The van der Waals surface area contributed by atoms with Gasteiger partial charge in [0.2, 0.25) is 15.9 Å². The topological polar surface area (TPSA) is 95.9 Å². The molecule has 2 aliphatic heterocycles. The van der Waals surface area contributed by atoms with Crippen molar-refractivity contribution in [3.63, 3.8) is 0 Å². The van der Waals surface area contributed by atoms with E-state index in [1.54, 1.807) is 58.5 Å². The Hall–Kier alpha value is -3.21. The van der Waals surface area contributed by atoms with Crippen LogP contribution in [0, 0.1) is 0 Å². The maximum Gasteiger partial charge on any atom is 0.325 e. The molecule has 0 saturated carbocycles. The van der Waals surface area contributed by atoms with E-state index in [4.69, 9.17) is 16.3 Å². The number of sulfonamides is 1. The van der Waals surface area contributed by atoms with Crippen molar-refractivity contribution in [3.05, 3.63) is 77.4 Å². The van der Waals surface area contributed by atoms with Crippen molar-refractivity contribution in [2.45, 2.75) is 12.5 Å². The number of aromatic nitrogens is 2. The SMILES string of the molecule is O=C1N(CCS(=O)(=O)N2CCC2)C[C@H](c2cccc(Oc3cccnn3)c2)N1c1ccc(Cl)cc1. The zero-order chi connectivity index (χ0) is 24.4. The smallest absolute Gasteiger partial charge is 0.325 e. The molecule has 1 atom stereocenters. The van der Waals surface area contributed by atoms with Gasteiger partial charge in [-0.2, -0.15) is 5.10 Å². The van der Waals surface area contributed by atoms with Crippen LogP contribution in [0.5, 0.6) is 11.6 Å². The number of hydrogen-bond donors (Lipinski definition) is 0. The van der Waals surface area contributed by atoms with Gasteiger partial charge in [-0.1, -0.05) is 23.7 Å². The predicted octanol–water partition coefficient (Wildman–Crippen LogP) is 3.94. The Labute approximate surface area is 208 Å². The lowest BCUT2D eigenvalue weighted by Crippen LogP contribution is -2.45. The lowest BCUT2D eigenvalue weighted by Gasteiger charge is -2.30. The summed E-state index contributed by atoms with van der Waals surface area (Å²) in [5, 5.41) is 8.34. The predicted molar refractivity (Wildman–Crippen MR) is 132 cm³/mol. The van der Waals surface area contributed by atoms with E-state index in [9.17, 15) is 13.2 Å². The summed E-state index contributed by atoms with van der Waals surface area (Å²) in [7, 11) is -3.37. The van der Waals surface area contributed by atoms with Gasteiger partial charge in [0.05, 0.1) is 11.8 Å². The van der Waals surface area contributed by atoms with Crippen LogP contribution in [0.25, 0.3) is 0 Å². The molecular weight excluding hydrogens is 490 g/mol. The number of anilines is 1. The summed E-state index contributed by atoms with van der Waals surface area (Å²) in [4.78, 5) is 16.7. The van der Waals surface area contributed by atoms with Crippen molar-refractivity contribution in [2.24, 2.45) is 0 Å². The number of urea groups is 1. The van der Waals surface area contributed by atoms with Crippen LogP contribution in [0.2, 0.25) is 5.02 Å². The Morgan fingerprint density at radius 2 is 1.86 bits per heavy atom. The third kappa shape index (κ3) is 5.09. The van der Waals surface area contributed by atoms with Gasteiger partial charge in [-0.3, -0.25) is 4.90 Å². The molecule has 0 aliphatic carbocycles. The van der Waals surface area contributed by atoms with E-state index in [0.717, 1.165) is 12.0 Å². The van der Waals surface area contributed by atoms with Gasteiger partial charge < -0.3 is 9.64 Å². The minimum Gasteiger partial charge on any atom is -0.438 e. The molecule has 3 heterocycles. The van der Waals surface area contributed by atoms with Crippen LogP contribution in [-0.2, 0) is 10.0 Å². The number of nitrogens with zero attached hydrogens (tertiary/aromatic N) is 5. The van der Waals surface area contributed by atoms with E-state index < -0.39 is 10.0 Å². The second-order valence-electron chi connectivity index (χ2n) is 8.40. The fourth-order valence-electron chi connectivity index (χ4n) is 4.16. The number of carbonyl (C=O) groups is 1. The van der Waals surface area contributed by atoms with E-state index >= 15 is 0 Å². The number of benzene rings is 2. The van der Waals surface area contributed by atoms with Gasteiger partial charge >= 0.3 is 6.03 Å². The van der Waals surface area contributed by atoms with Crippen molar-refractivity contribution < 1.29 is 17.9 Å². The summed E-state index contributed by atoms with van der Waals surface area (Å²) in [6.45, 7) is 1.56. The summed E-state index contributed by atoms with van der Waals surface area (Å²) in [6, 6.07) is 17.3. The highest BCUT2D eigenvalue weighted by molar-refractivity contribution is 7.89. The molecule has 2 amide bonds. The first kappa shape index (κ1) is 23.5. The molecule has 2 saturated heterocycles. The van der Waals surface area contributed by atoms with Crippen molar-refractivity contribution in [2.75, 3.05) is 36.8 Å². The van der Waals surface area contributed by atoms with Crippen molar-refractivity contribution >= 4 is 33.3 Å². The highest BCUT2D eigenvalue weighted by Gasteiger charge is 2.40. The Morgan fingerprint density at radius 1 is 1.06 bits per heavy atom. The second-order valence-corrected chi connectivity index (χ2v) is 10.9. The summed E-state index contributed by atoms with van der Waals surface area (Å²) < 4.78 is 32.4. The molecule has 182 valence electrons. The summed E-state index contributed by atoms with van der Waals surface area (Å²) in [5.41, 5.74) is 1.53. The minimum atomic E-state index is -3.37. The molecule has 1 aromatic heterocycles. The van der Waals surface area contributed by atoms with Gasteiger partial charge in [-0.15, -0.1) is 5.10 Å². The first-order valence-electron chi connectivity index (χ1n) is 11.3. The number of carbonyl (C=O) groups excluding carboxylic acids is 1. The highest BCUT2D eigenvalue weighted by atomic mass is 35.5. The van der Waals surface area contributed by atoms with Crippen LogP contribution in [0.3, 0.4) is 0 Å². The molecule has 0 N–H and O–H groups in total. The molecule has 0 radical (unpaired) electrons. The van der Waals surface area contributed by atoms with Gasteiger partial charge in [0.15, 0.2) is 0 Å². The Bertz CT molecular complexity index is 1300. The third-order valence-electron chi connectivity index (χ3n) is 6.13. The minimum absolute atomic E-state index is 0.101. The first-order chi connectivity index (χ1) is 16.9. The summed E-state index contributed by atoms with van der Waals surface area (Å²) in [6.07, 6.45) is 2.44. The molecule has 0 spiro atoms. The van der Waals surface area contributed by atoms with Gasteiger partial charge in [0.1, 0.15) is 5.75 Å². The molecule has 0 unspecified atom stereocenters. The molecule has 35 heavy (non-hydrogen) atoms. The fourth-order valence-corrected chi connectivity index (χ4v) is 5.81. The summed E-state index contributed by atoms with van der Waals surface area (Å²) >= 11 is 6.07. The normalized spacial score (nSPS) is 18.5. The molecule has 3 aromatic rings. The number of ether oxygens (including phenoxy) is 1. The zero-order valence-electron chi connectivity index (χ0n) is 18.8. The maximum absolute atomic E-state index is 13.5. The number of hydrogen-bond acceptors (Lipinski definition) is 6. The number of amides is 2. The third-order valence-corrected chi connectivity index (χ3v) is 8.23. The fraction of sp³-hybridized carbons (Fsp3) is 0.292. The van der Waals surface area contributed by atoms with Gasteiger partial charge in [0, 0.05) is 49.2 Å². The molecular formula is C24H24ClN5O4S. The van der Waals surface area contributed by atoms with Gasteiger partial charge in [-0.05, 0) is 54.4 Å². The number of rotatable bonds is 8. The largest absolute Gasteiger partial charge is 0.438 e. The van der Waals surface area contributed by atoms with E-state index in [2.05, 4.69) is 10.2 Å². The second kappa shape index (κ2) is 9.80. The van der Waals surface area contributed by atoms with Crippen molar-refractivity contribution in [1.82, 2.24) is 19.4 Å². The van der Waals surface area contributed by atoms with Crippen LogP contribution in [0.1, 0.15) is 18.0 Å². The average Bonchev–Trinajstić information content (AvgIpc) is 3.14. The molecule has 0 bridgehead atoms. The quantitative estimate of drug-likeness (QED) is 0.452. The molecule has 5 rings (SSSR count). The van der Waals surface area contributed by atoms with Crippen LogP contribution >= 0.6 is 11.6 Å². The Kier molecular flexibility index (Phi) is 6.59. The van der Waals surface area contributed by atoms with Crippen LogP contribution in [0.4, 0.5) is 10.5 Å². The maximum atomic E-state index is 13.5. The number of halogens is 1. The van der Waals surface area contributed by atoms with Crippen LogP contribution in [-0.4, -0.2) is 65.8 Å². The van der Waals surface area contributed by atoms with E-state index in [1.807, 2.05) is 18.2 Å². The van der Waals surface area contributed by atoms with Crippen LogP contribution < -0.4 is 9.64 Å². The average molecular weight is 514 g/mol. The molecule has 2 aromatic carbocycles. The van der Waals surface area contributed by atoms with Crippen LogP contribution in [0.15, 0.2) is 66.9 Å². The zero-order valence-corrected chi connectivity index (χ0v) is 20.4. The summed E-state index contributed by atoms with van der Waals surface area (Å²) in [5.74, 6) is 0.820. The Morgan fingerprint density at radius 3 is 2.54 bits per heavy atom. The monoisotopic (exact) mass is 513 g/mol. The molecule has 9 nitrogen and oxygen atoms in total. The highest BCUT2D eigenvalue weighted by Crippen LogP contribution is 2.36. The lowest BCUT2D eigenvalue weighted by molar-refractivity contribution is 0.222. The lowest BCUT2D eigenvalue weighted by atomic mass is 10.1. The Balaban J connectivity index is 1.41. The van der Waals surface area contributed by atoms with E-state index in [1.165, 1.54) is 4.31 Å². The molecule has 2 fully saturated rings. The molecule has 11 heteroatoms. The van der Waals surface area contributed by atoms with E-state index in [0.29, 0.717) is 42.0 Å². The van der Waals surface area contributed by atoms with Gasteiger partial charge in [0.25, 0.3) is 0 Å². The van der Waals surface area contributed by atoms with Gasteiger partial charge in [-0.25, -0.2) is 17.5 Å². The molecule has 2 aliphatic rings.